The van der Waals surface area contributed by atoms with Crippen LogP contribution in [0.2, 0.25) is 0 Å². The summed E-state index contributed by atoms with van der Waals surface area (Å²) in [4.78, 5) is 0. The third-order valence-corrected chi connectivity index (χ3v) is 7.68. The van der Waals surface area contributed by atoms with Gasteiger partial charge in [-0.1, -0.05) is 155 Å². The minimum absolute atomic E-state index is 0.835. The summed E-state index contributed by atoms with van der Waals surface area (Å²) in [6.07, 6.45) is 39.3. The molecular formula is C32H62O4S. The van der Waals surface area contributed by atoms with Crippen LogP contribution in [-0.2, 0) is 18.8 Å². The Labute approximate surface area is 232 Å². The van der Waals surface area contributed by atoms with Gasteiger partial charge in [-0.3, -0.25) is 0 Å². The van der Waals surface area contributed by atoms with E-state index < -0.39 is 10.4 Å². The first-order chi connectivity index (χ1) is 18.1. The Balaban J connectivity index is 3.44. The third kappa shape index (κ3) is 31.1. The molecule has 0 N–H and O–H groups in total. The van der Waals surface area contributed by atoms with Crippen molar-refractivity contribution < 1.29 is 16.8 Å². The van der Waals surface area contributed by atoms with Crippen LogP contribution in [0, 0.1) is 0 Å². The SMILES string of the molecule is CCCCCCCCCCCCCC/C=C/OS(=O)(=O)O/C=C/CCCCCCCCCCCCCC. The van der Waals surface area contributed by atoms with Crippen molar-refractivity contribution >= 4 is 10.4 Å². The monoisotopic (exact) mass is 542 g/mol. The molecule has 0 fully saturated rings. The number of hydrogen-bond donors (Lipinski definition) is 0. The van der Waals surface area contributed by atoms with Crippen LogP contribution in [0.5, 0.6) is 0 Å². The predicted octanol–water partition coefficient (Wildman–Crippen LogP) is 11.5. The first kappa shape index (κ1) is 36.0. The molecule has 0 amide bonds. The number of rotatable bonds is 30. The van der Waals surface area contributed by atoms with Crippen molar-refractivity contribution in [2.45, 2.75) is 181 Å². The highest BCUT2D eigenvalue weighted by Gasteiger charge is 2.07. The van der Waals surface area contributed by atoms with E-state index in [1.54, 1.807) is 12.2 Å². The van der Waals surface area contributed by atoms with E-state index in [4.69, 9.17) is 8.37 Å². The van der Waals surface area contributed by atoms with E-state index in [2.05, 4.69) is 13.8 Å². The number of allylic oxidation sites excluding steroid dienone is 2. The zero-order chi connectivity index (χ0) is 27.1. The number of hydrogen-bond acceptors (Lipinski definition) is 4. The van der Waals surface area contributed by atoms with Crippen molar-refractivity contribution in [2.24, 2.45) is 0 Å². The van der Waals surface area contributed by atoms with Crippen LogP contribution in [0.1, 0.15) is 181 Å². The van der Waals surface area contributed by atoms with Crippen LogP contribution in [0.4, 0.5) is 0 Å². The maximum absolute atomic E-state index is 11.8. The fraction of sp³-hybridized carbons (Fsp3) is 0.875. The second-order valence-corrected chi connectivity index (χ2v) is 11.9. The molecule has 4 nitrogen and oxygen atoms in total. The summed E-state index contributed by atoms with van der Waals surface area (Å²) >= 11 is 0. The smallest absolute Gasteiger partial charge is 0.361 e. The minimum atomic E-state index is -3.99. The average Bonchev–Trinajstić information content (AvgIpc) is 2.88. The summed E-state index contributed by atoms with van der Waals surface area (Å²) in [6.45, 7) is 4.53. The van der Waals surface area contributed by atoms with E-state index in [1.807, 2.05) is 0 Å². The topological polar surface area (TPSA) is 52.6 Å². The largest absolute Gasteiger partial charge is 0.499 e. The van der Waals surface area contributed by atoms with Crippen molar-refractivity contribution in [1.29, 1.82) is 0 Å². The van der Waals surface area contributed by atoms with Crippen LogP contribution in [0.15, 0.2) is 24.7 Å². The van der Waals surface area contributed by atoms with Crippen molar-refractivity contribution in [2.75, 3.05) is 0 Å². The van der Waals surface area contributed by atoms with E-state index in [0.29, 0.717) is 0 Å². The molecule has 0 radical (unpaired) electrons. The van der Waals surface area contributed by atoms with Gasteiger partial charge in [0.25, 0.3) is 0 Å². The predicted molar refractivity (Wildman–Crippen MR) is 161 cm³/mol. The molecule has 0 unspecified atom stereocenters. The summed E-state index contributed by atoms with van der Waals surface area (Å²) in [6, 6.07) is 0. The van der Waals surface area contributed by atoms with Gasteiger partial charge in [0.15, 0.2) is 0 Å². The maximum Gasteiger partial charge on any atom is 0.499 e. The molecule has 0 saturated carbocycles. The van der Waals surface area contributed by atoms with Crippen LogP contribution in [-0.4, -0.2) is 8.42 Å². The summed E-state index contributed by atoms with van der Waals surface area (Å²) < 4.78 is 33.1. The van der Waals surface area contributed by atoms with E-state index >= 15 is 0 Å². The van der Waals surface area contributed by atoms with Gasteiger partial charge >= 0.3 is 10.4 Å². The first-order valence-corrected chi connectivity index (χ1v) is 17.4. The second-order valence-electron chi connectivity index (χ2n) is 10.7. The van der Waals surface area contributed by atoms with E-state index in [1.165, 1.54) is 154 Å². The highest BCUT2D eigenvalue weighted by atomic mass is 32.3. The molecule has 0 aromatic heterocycles. The zero-order valence-electron chi connectivity index (χ0n) is 24.7. The highest BCUT2D eigenvalue weighted by molar-refractivity contribution is 7.82. The van der Waals surface area contributed by atoms with Crippen molar-refractivity contribution in [1.82, 2.24) is 0 Å². The molecule has 0 bridgehead atoms. The minimum Gasteiger partial charge on any atom is -0.361 e. The van der Waals surface area contributed by atoms with Crippen LogP contribution >= 0.6 is 0 Å². The van der Waals surface area contributed by atoms with Gasteiger partial charge in [0, 0.05) is 0 Å². The van der Waals surface area contributed by atoms with Crippen molar-refractivity contribution in [3.63, 3.8) is 0 Å². The molecule has 0 aromatic rings. The van der Waals surface area contributed by atoms with E-state index in [9.17, 15) is 8.42 Å². The molecule has 37 heavy (non-hydrogen) atoms. The van der Waals surface area contributed by atoms with Crippen molar-refractivity contribution in [3.8, 4) is 0 Å². The molecule has 0 aromatic carbocycles. The summed E-state index contributed by atoms with van der Waals surface area (Å²) in [5, 5.41) is 0. The fourth-order valence-corrected chi connectivity index (χ4v) is 5.05. The Morgan fingerprint density at radius 3 is 0.919 bits per heavy atom. The van der Waals surface area contributed by atoms with Gasteiger partial charge in [-0.2, -0.15) is 0 Å². The van der Waals surface area contributed by atoms with Gasteiger partial charge in [-0.25, -0.2) is 0 Å². The molecule has 0 spiro atoms. The molecular weight excluding hydrogens is 480 g/mol. The van der Waals surface area contributed by atoms with Gasteiger partial charge < -0.3 is 8.37 Å². The Hall–Kier alpha value is -0.970. The van der Waals surface area contributed by atoms with Gasteiger partial charge in [0.2, 0.25) is 0 Å². The Kier molecular flexibility index (Phi) is 28.8. The quantitative estimate of drug-likeness (QED) is 0.0669. The lowest BCUT2D eigenvalue weighted by molar-refractivity contribution is 0.334. The lowest BCUT2D eigenvalue weighted by Gasteiger charge is -2.02. The highest BCUT2D eigenvalue weighted by Crippen LogP contribution is 2.14. The molecule has 5 heteroatoms. The van der Waals surface area contributed by atoms with Gasteiger partial charge in [-0.05, 0) is 37.8 Å². The molecule has 0 saturated heterocycles. The average molecular weight is 543 g/mol. The summed E-state index contributed by atoms with van der Waals surface area (Å²) in [5.41, 5.74) is 0. The lowest BCUT2D eigenvalue weighted by atomic mass is 10.0. The van der Waals surface area contributed by atoms with Gasteiger partial charge in [0.1, 0.15) is 12.5 Å². The maximum atomic E-state index is 11.8. The van der Waals surface area contributed by atoms with E-state index in [-0.39, 0.29) is 0 Å². The molecule has 0 rings (SSSR count). The third-order valence-electron chi connectivity index (χ3n) is 6.99. The molecule has 0 aliphatic carbocycles. The van der Waals surface area contributed by atoms with Crippen molar-refractivity contribution in [3.05, 3.63) is 24.7 Å². The fourth-order valence-electron chi connectivity index (χ4n) is 4.58. The lowest BCUT2D eigenvalue weighted by Crippen LogP contribution is -2.02. The van der Waals surface area contributed by atoms with Crippen LogP contribution in [0.3, 0.4) is 0 Å². The molecule has 0 heterocycles. The Morgan fingerprint density at radius 1 is 0.405 bits per heavy atom. The Bertz CT molecular complexity index is 552. The molecule has 0 aliphatic heterocycles. The molecule has 220 valence electrons. The number of unbranched alkanes of at least 4 members (excludes halogenated alkanes) is 24. The van der Waals surface area contributed by atoms with E-state index in [0.717, 1.165) is 25.7 Å². The molecule has 0 atom stereocenters. The second kappa shape index (κ2) is 29.6. The van der Waals surface area contributed by atoms with Gasteiger partial charge in [-0.15, -0.1) is 8.42 Å². The summed E-state index contributed by atoms with van der Waals surface area (Å²) in [5.74, 6) is 0. The standard InChI is InChI=1S/C32H62O4S/c1-3-5-7-9-11-13-15-17-19-21-23-25-27-29-31-35-37(33,34)36-32-30-28-26-24-22-20-18-16-14-12-10-8-6-4-2/h29-32H,3-28H2,1-2H3/b31-29+,32-30+. The Morgan fingerprint density at radius 2 is 0.649 bits per heavy atom. The first-order valence-electron chi connectivity index (χ1n) is 16.0. The molecule has 0 aliphatic rings. The van der Waals surface area contributed by atoms with Crippen LogP contribution < -0.4 is 0 Å². The van der Waals surface area contributed by atoms with Crippen LogP contribution in [0.25, 0.3) is 0 Å². The zero-order valence-corrected chi connectivity index (χ0v) is 25.6. The van der Waals surface area contributed by atoms with Gasteiger partial charge in [0.05, 0.1) is 0 Å². The normalized spacial score (nSPS) is 12.2. The summed E-state index contributed by atoms with van der Waals surface area (Å²) in [7, 11) is -3.99.